The van der Waals surface area contributed by atoms with Crippen molar-refractivity contribution in [2.24, 2.45) is 11.3 Å². The van der Waals surface area contributed by atoms with Crippen LogP contribution in [0.25, 0.3) is 0 Å². The van der Waals surface area contributed by atoms with Crippen LogP contribution >= 0.6 is 0 Å². The lowest BCUT2D eigenvalue weighted by Gasteiger charge is -2.24. The van der Waals surface area contributed by atoms with Crippen molar-refractivity contribution in [3.63, 3.8) is 0 Å². The lowest BCUT2D eigenvalue weighted by molar-refractivity contribution is -0.385. The van der Waals surface area contributed by atoms with Crippen LogP contribution in [0.4, 0.5) is 5.69 Å². The van der Waals surface area contributed by atoms with E-state index in [0.29, 0.717) is 18.4 Å². The summed E-state index contributed by atoms with van der Waals surface area (Å²) in [6.07, 6.45) is 2.76. The monoisotopic (exact) mass is 263 g/mol. The predicted molar refractivity (Wildman–Crippen MR) is 69.9 cm³/mol. The first kappa shape index (κ1) is 13.5. The van der Waals surface area contributed by atoms with Gasteiger partial charge in [0, 0.05) is 11.6 Å². The molecular weight excluding hydrogens is 246 g/mol. The van der Waals surface area contributed by atoms with Gasteiger partial charge in [0.1, 0.15) is 0 Å². The molecule has 2 rings (SSSR count). The molecule has 0 spiro atoms. The molecule has 1 aliphatic carbocycles. The van der Waals surface area contributed by atoms with Gasteiger partial charge in [0.15, 0.2) is 0 Å². The fourth-order valence-corrected chi connectivity index (χ4v) is 2.50. The van der Waals surface area contributed by atoms with Crippen molar-refractivity contribution in [2.75, 3.05) is 0 Å². The van der Waals surface area contributed by atoms with E-state index in [9.17, 15) is 20.0 Å². The number of nitrogens with zero attached hydrogens (tertiary/aromatic N) is 1. The van der Waals surface area contributed by atoms with E-state index in [-0.39, 0.29) is 11.6 Å². The Bertz CT molecular complexity index is 510. The number of aryl methyl sites for hydroxylation is 1. The molecule has 1 aromatic rings. The normalized spacial score (nSPS) is 17.7. The first-order chi connectivity index (χ1) is 8.95. The molecule has 1 fully saturated rings. The van der Waals surface area contributed by atoms with Gasteiger partial charge in [0.2, 0.25) is 0 Å². The average molecular weight is 263 g/mol. The lowest BCUT2D eigenvalue weighted by Crippen LogP contribution is -2.30. The second-order valence-electron chi connectivity index (χ2n) is 5.38. The van der Waals surface area contributed by atoms with Gasteiger partial charge < -0.3 is 5.11 Å². The van der Waals surface area contributed by atoms with Crippen LogP contribution in [-0.2, 0) is 11.2 Å². The molecule has 0 saturated heterocycles. The SMILES string of the molecule is CC(CCc1ccccc1[N+](=O)[O-])(C(=O)O)C1CC1. The van der Waals surface area contributed by atoms with Crippen LogP contribution < -0.4 is 0 Å². The Labute approximate surface area is 111 Å². The summed E-state index contributed by atoms with van der Waals surface area (Å²) >= 11 is 0. The molecule has 5 nitrogen and oxygen atoms in total. The molecule has 1 atom stereocenters. The minimum absolute atomic E-state index is 0.0750. The number of carboxylic acid groups (broad SMARTS) is 1. The number of benzene rings is 1. The number of carbonyl (C=O) groups is 1. The minimum atomic E-state index is -0.798. The van der Waals surface area contributed by atoms with Crippen molar-refractivity contribution >= 4 is 11.7 Å². The lowest BCUT2D eigenvalue weighted by atomic mass is 9.79. The summed E-state index contributed by atoms with van der Waals surface area (Å²) in [7, 11) is 0. The van der Waals surface area contributed by atoms with Gasteiger partial charge >= 0.3 is 5.97 Å². The number of rotatable bonds is 6. The molecule has 1 saturated carbocycles. The standard InChI is InChI=1S/C14H17NO4/c1-14(13(16)17,11-6-7-11)9-8-10-4-2-3-5-12(10)15(18)19/h2-5,11H,6-9H2,1H3,(H,16,17). The highest BCUT2D eigenvalue weighted by atomic mass is 16.6. The number of nitro benzene ring substituents is 1. The number of hydrogen-bond donors (Lipinski definition) is 1. The molecular formula is C14H17NO4. The second kappa shape index (κ2) is 4.99. The van der Waals surface area contributed by atoms with E-state index < -0.39 is 16.3 Å². The predicted octanol–water partition coefficient (Wildman–Crippen LogP) is 3.03. The summed E-state index contributed by atoms with van der Waals surface area (Å²) in [6.45, 7) is 1.75. The number of para-hydroxylation sites is 1. The first-order valence-electron chi connectivity index (χ1n) is 6.41. The zero-order chi connectivity index (χ0) is 14.0. The van der Waals surface area contributed by atoms with E-state index in [1.165, 1.54) is 6.07 Å². The van der Waals surface area contributed by atoms with E-state index >= 15 is 0 Å². The first-order valence-corrected chi connectivity index (χ1v) is 6.41. The highest BCUT2D eigenvalue weighted by Gasteiger charge is 2.46. The molecule has 1 aromatic carbocycles. The summed E-state index contributed by atoms with van der Waals surface area (Å²) in [4.78, 5) is 21.9. The molecule has 0 heterocycles. The zero-order valence-corrected chi connectivity index (χ0v) is 10.8. The quantitative estimate of drug-likeness (QED) is 0.631. The molecule has 0 amide bonds. The molecule has 0 aliphatic heterocycles. The highest BCUT2D eigenvalue weighted by molar-refractivity contribution is 5.75. The fraction of sp³-hybridized carbons (Fsp3) is 0.500. The average Bonchev–Trinajstić information content (AvgIpc) is 3.20. The maximum Gasteiger partial charge on any atom is 0.309 e. The van der Waals surface area contributed by atoms with Crippen LogP contribution in [-0.4, -0.2) is 16.0 Å². The van der Waals surface area contributed by atoms with Crippen LogP contribution in [0.2, 0.25) is 0 Å². The second-order valence-corrected chi connectivity index (χ2v) is 5.38. The molecule has 102 valence electrons. The third-order valence-electron chi connectivity index (χ3n) is 4.07. The number of carboxylic acids is 1. The summed E-state index contributed by atoms with van der Waals surface area (Å²) in [6, 6.07) is 6.54. The van der Waals surface area contributed by atoms with Crippen LogP contribution in [0.1, 0.15) is 31.7 Å². The Kier molecular flexibility index (Phi) is 3.55. The van der Waals surface area contributed by atoms with Crippen molar-refractivity contribution in [1.82, 2.24) is 0 Å². The minimum Gasteiger partial charge on any atom is -0.481 e. The highest BCUT2D eigenvalue weighted by Crippen LogP contribution is 2.48. The Hall–Kier alpha value is -1.91. The Morgan fingerprint density at radius 2 is 2.11 bits per heavy atom. The van der Waals surface area contributed by atoms with Gasteiger partial charge in [-0.25, -0.2) is 0 Å². The van der Waals surface area contributed by atoms with E-state index in [2.05, 4.69) is 0 Å². The molecule has 0 radical (unpaired) electrons. The molecule has 0 bridgehead atoms. The van der Waals surface area contributed by atoms with E-state index in [4.69, 9.17) is 0 Å². The molecule has 1 unspecified atom stereocenters. The van der Waals surface area contributed by atoms with Gasteiger partial charge in [-0.2, -0.15) is 0 Å². The van der Waals surface area contributed by atoms with Crippen molar-refractivity contribution < 1.29 is 14.8 Å². The maximum absolute atomic E-state index is 11.4. The molecule has 19 heavy (non-hydrogen) atoms. The molecule has 5 heteroatoms. The van der Waals surface area contributed by atoms with Crippen molar-refractivity contribution in [1.29, 1.82) is 0 Å². The van der Waals surface area contributed by atoms with Crippen molar-refractivity contribution in [2.45, 2.75) is 32.6 Å². The van der Waals surface area contributed by atoms with Gasteiger partial charge in [-0.1, -0.05) is 18.2 Å². The largest absolute Gasteiger partial charge is 0.481 e. The van der Waals surface area contributed by atoms with E-state index in [1.807, 2.05) is 0 Å². The van der Waals surface area contributed by atoms with Gasteiger partial charge in [-0.15, -0.1) is 0 Å². The van der Waals surface area contributed by atoms with Crippen molar-refractivity contribution in [3.05, 3.63) is 39.9 Å². The van der Waals surface area contributed by atoms with Gasteiger partial charge in [0.05, 0.1) is 10.3 Å². The molecule has 1 N–H and O–H groups in total. The van der Waals surface area contributed by atoms with Crippen LogP contribution in [0.15, 0.2) is 24.3 Å². The Morgan fingerprint density at radius 3 is 2.63 bits per heavy atom. The summed E-state index contributed by atoms with van der Waals surface area (Å²) in [5, 5.41) is 20.3. The zero-order valence-electron chi connectivity index (χ0n) is 10.8. The molecule has 0 aromatic heterocycles. The van der Waals surface area contributed by atoms with Gasteiger partial charge in [-0.05, 0) is 38.5 Å². The number of nitro groups is 1. The summed E-state index contributed by atoms with van der Waals surface area (Å²) < 4.78 is 0. The van der Waals surface area contributed by atoms with E-state index in [1.54, 1.807) is 25.1 Å². The topological polar surface area (TPSA) is 80.4 Å². The number of hydrogen-bond acceptors (Lipinski definition) is 3. The summed E-state index contributed by atoms with van der Waals surface area (Å²) in [5.74, 6) is -0.582. The smallest absolute Gasteiger partial charge is 0.309 e. The number of aliphatic carboxylic acids is 1. The maximum atomic E-state index is 11.4. The van der Waals surface area contributed by atoms with Gasteiger partial charge in [0.25, 0.3) is 5.69 Å². The van der Waals surface area contributed by atoms with Crippen LogP contribution in [0.5, 0.6) is 0 Å². The molecule has 1 aliphatic rings. The Morgan fingerprint density at radius 1 is 1.47 bits per heavy atom. The fourth-order valence-electron chi connectivity index (χ4n) is 2.50. The third kappa shape index (κ3) is 2.75. The third-order valence-corrected chi connectivity index (χ3v) is 4.07. The van der Waals surface area contributed by atoms with Gasteiger partial charge in [-0.3, -0.25) is 14.9 Å². The summed E-state index contributed by atoms with van der Waals surface area (Å²) in [5.41, 5.74) is -0.0735. The van der Waals surface area contributed by atoms with Crippen LogP contribution in [0, 0.1) is 21.4 Å². The van der Waals surface area contributed by atoms with E-state index in [0.717, 1.165) is 12.8 Å². The van der Waals surface area contributed by atoms with Crippen LogP contribution in [0.3, 0.4) is 0 Å². The Balaban J connectivity index is 2.14. The van der Waals surface area contributed by atoms with Crippen molar-refractivity contribution in [3.8, 4) is 0 Å².